The van der Waals surface area contributed by atoms with Crippen LogP contribution in [0, 0.1) is 0 Å². The number of hydrogen-bond acceptors (Lipinski definition) is 5. The lowest BCUT2D eigenvalue weighted by atomic mass is 9.87. The molecule has 1 aromatic rings. The molecular formula is C15H24NO4S-. The third-order valence-electron chi connectivity index (χ3n) is 2.97. The van der Waals surface area contributed by atoms with Gasteiger partial charge in [0.25, 0.3) is 0 Å². The molecule has 0 bridgehead atoms. The molecule has 0 fully saturated rings. The first-order chi connectivity index (χ1) is 9.28. The third-order valence-corrected chi connectivity index (χ3v) is 3.86. The van der Waals surface area contributed by atoms with Gasteiger partial charge in [0.05, 0.1) is 12.3 Å². The number of rotatable bonds is 3. The fourth-order valence-electron chi connectivity index (χ4n) is 1.91. The van der Waals surface area contributed by atoms with Crippen LogP contribution < -0.4 is 4.74 Å². The zero-order valence-corrected chi connectivity index (χ0v) is 14.6. The van der Waals surface area contributed by atoms with Crippen molar-refractivity contribution in [3.8, 4) is 5.75 Å². The van der Waals surface area contributed by atoms with Crippen molar-refractivity contribution >= 4 is 10.1 Å². The summed E-state index contributed by atoms with van der Waals surface area (Å²) in [4.78, 5) is 4.12. The summed E-state index contributed by atoms with van der Waals surface area (Å²) in [7, 11) is -4.67. The Kier molecular flexibility index (Phi) is 4.75. The Morgan fingerprint density at radius 1 is 1.14 bits per heavy atom. The third kappa shape index (κ3) is 4.17. The monoisotopic (exact) mass is 314 g/mol. The number of ether oxygens (including phenoxy) is 1. The number of pyridine rings is 1. The first kappa shape index (κ1) is 17.9. The van der Waals surface area contributed by atoms with E-state index in [1.54, 1.807) is 13.0 Å². The molecule has 0 aliphatic heterocycles. The zero-order chi connectivity index (χ0) is 16.6. The molecule has 1 heterocycles. The molecule has 120 valence electrons. The summed E-state index contributed by atoms with van der Waals surface area (Å²) in [5, 5.41) is 0. The molecule has 1 rings (SSSR count). The molecule has 0 amide bonds. The van der Waals surface area contributed by atoms with E-state index in [0.717, 1.165) is 0 Å². The van der Waals surface area contributed by atoms with Crippen molar-refractivity contribution in [3.05, 3.63) is 17.5 Å². The summed E-state index contributed by atoms with van der Waals surface area (Å²) >= 11 is 0. The fourth-order valence-corrected chi connectivity index (χ4v) is 2.86. The Hall–Kier alpha value is -1.14. The van der Waals surface area contributed by atoms with Crippen LogP contribution in [0.2, 0.25) is 0 Å². The lowest BCUT2D eigenvalue weighted by Crippen LogP contribution is -2.24. The fraction of sp³-hybridized carbons (Fsp3) is 0.667. The highest BCUT2D eigenvalue weighted by atomic mass is 32.2. The molecule has 0 saturated carbocycles. The summed E-state index contributed by atoms with van der Waals surface area (Å²) in [5.74, 6) is 0.0948. The Balaban J connectivity index is 3.84. The van der Waals surface area contributed by atoms with Crippen molar-refractivity contribution in [2.24, 2.45) is 0 Å². The van der Waals surface area contributed by atoms with Gasteiger partial charge in [0.2, 0.25) is 0 Å². The molecule has 0 aliphatic carbocycles. The molecule has 0 saturated heterocycles. The molecule has 0 radical (unpaired) electrons. The van der Waals surface area contributed by atoms with Gasteiger partial charge < -0.3 is 9.29 Å². The Bertz CT molecular complexity index is 622. The zero-order valence-electron chi connectivity index (χ0n) is 13.8. The molecule has 0 N–H and O–H groups in total. The molecule has 0 atom stereocenters. The van der Waals surface area contributed by atoms with Gasteiger partial charge in [-0.25, -0.2) is 8.42 Å². The van der Waals surface area contributed by atoms with E-state index in [-0.39, 0.29) is 28.4 Å². The minimum absolute atomic E-state index is 0.0948. The maximum Gasteiger partial charge on any atom is 0.140 e. The van der Waals surface area contributed by atoms with Crippen molar-refractivity contribution in [1.82, 2.24) is 4.98 Å². The Morgan fingerprint density at radius 3 is 2.00 bits per heavy atom. The van der Waals surface area contributed by atoms with Crippen LogP contribution in [0.3, 0.4) is 0 Å². The SMILES string of the molecule is CCOc1cc(C(C)(C)C)nc(C(C)(C)C)c1S(=O)(=O)[O-]. The number of nitrogens with zero attached hydrogens (tertiary/aromatic N) is 1. The van der Waals surface area contributed by atoms with Gasteiger partial charge in [0, 0.05) is 22.6 Å². The van der Waals surface area contributed by atoms with Crippen LogP contribution in [-0.4, -0.2) is 24.6 Å². The average Bonchev–Trinajstić information content (AvgIpc) is 2.24. The second-order valence-corrected chi connectivity index (χ2v) is 8.39. The number of hydrogen-bond donors (Lipinski definition) is 0. The van der Waals surface area contributed by atoms with E-state index in [0.29, 0.717) is 5.69 Å². The molecule has 0 unspecified atom stereocenters. The summed E-state index contributed by atoms with van der Waals surface area (Å²) in [6, 6.07) is 1.56. The molecule has 21 heavy (non-hydrogen) atoms. The van der Waals surface area contributed by atoms with Gasteiger partial charge in [-0.3, -0.25) is 4.98 Å². The van der Waals surface area contributed by atoms with Gasteiger partial charge in [0.1, 0.15) is 20.8 Å². The van der Waals surface area contributed by atoms with E-state index < -0.39 is 15.5 Å². The van der Waals surface area contributed by atoms with E-state index in [2.05, 4.69) is 4.98 Å². The van der Waals surface area contributed by atoms with E-state index in [1.165, 1.54) is 0 Å². The summed E-state index contributed by atoms with van der Waals surface area (Å²) in [6.45, 7) is 13.4. The van der Waals surface area contributed by atoms with Crippen LogP contribution in [0.1, 0.15) is 59.9 Å². The predicted molar refractivity (Wildman–Crippen MR) is 80.8 cm³/mol. The standard InChI is InChI=1S/C15H25NO4S/c1-8-20-10-9-11(14(2,3)4)16-13(15(5,6)7)12(10)21(17,18)19/h9H,8H2,1-7H3,(H,17,18,19)/p-1. The van der Waals surface area contributed by atoms with Crippen LogP contribution in [-0.2, 0) is 20.9 Å². The van der Waals surface area contributed by atoms with Crippen LogP contribution >= 0.6 is 0 Å². The van der Waals surface area contributed by atoms with Gasteiger partial charge in [0.15, 0.2) is 0 Å². The van der Waals surface area contributed by atoms with Crippen molar-refractivity contribution in [3.63, 3.8) is 0 Å². The van der Waals surface area contributed by atoms with E-state index >= 15 is 0 Å². The second kappa shape index (κ2) is 5.57. The number of aromatic nitrogens is 1. The molecule has 0 aromatic carbocycles. The van der Waals surface area contributed by atoms with Crippen LogP contribution in [0.15, 0.2) is 11.0 Å². The maximum atomic E-state index is 11.7. The molecule has 1 aromatic heterocycles. The highest BCUT2D eigenvalue weighted by molar-refractivity contribution is 7.86. The second-order valence-electron chi connectivity index (χ2n) is 7.07. The molecule has 0 aliphatic rings. The van der Waals surface area contributed by atoms with Crippen LogP contribution in [0.5, 0.6) is 5.75 Å². The van der Waals surface area contributed by atoms with Gasteiger partial charge in [-0.2, -0.15) is 0 Å². The first-order valence-corrected chi connectivity index (χ1v) is 8.34. The predicted octanol–water partition coefficient (Wildman–Crippen LogP) is 2.98. The Morgan fingerprint density at radius 2 is 1.67 bits per heavy atom. The maximum absolute atomic E-state index is 11.7. The molecule has 6 heteroatoms. The highest BCUT2D eigenvalue weighted by Gasteiger charge is 2.30. The minimum Gasteiger partial charge on any atom is -0.744 e. The van der Waals surface area contributed by atoms with Gasteiger partial charge in [-0.1, -0.05) is 41.5 Å². The van der Waals surface area contributed by atoms with Crippen molar-refractivity contribution in [2.75, 3.05) is 6.61 Å². The van der Waals surface area contributed by atoms with Crippen molar-refractivity contribution in [2.45, 2.75) is 64.2 Å². The van der Waals surface area contributed by atoms with Gasteiger partial charge in [-0.15, -0.1) is 0 Å². The minimum atomic E-state index is -4.67. The van der Waals surface area contributed by atoms with Crippen molar-refractivity contribution in [1.29, 1.82) is 0 Å². The van der Waals surface area contributed by atoms with E-state index in [4.69, 9.17) is 4.74 Å². The Labute approximate surface area is 127 Å². The van der Waals surface area contributed by atoms with Crippen LogP contribution in [0.25, 0.3) is 0 Å². The largest absolute Gasteiger partial charge is 0.744 e. The summed E-state index contributed by atoms with van der Waals surface area (Å²) < 4.78 is 40.5. The summed E-state index contributed by atoms with van der Waals surface area (Å²) in [6.07, 6.45) is 0. The van der Waals surface area contributed by atoms with Crippen LogP contribution in [0.4, 0.5) is 0 Å². The summed E-state index contributed by atoms with van der Waals surface area (Å²) in [5.41, 5.74) is 0.0911. The van der Waals surface area contributed by atoms with E-state index in [9.17, 15) is 13.0 Å². The lowest BCUT2D eigenvalue weighted by Gasteiger charge is -2.28. The molecular weight excluding hydrogens is 290 g/mol. The highest BCUT2D eigenvalue weighted by Crippen LogP contribution is 2.37. The van der Waals surface area contributed by atoms with Gasteiger partial charge >= 0.3 is 0 Å². The lowest BCUT2D eigenvalue weighted by molar-refractivity contribution is 0.322. The normalized spacial score (nSPS) is 13.3. The first-order valence-electron chi connectivity index (χ1n) is 6.93. The quantitative estimate of drug-likeness (QED) is 0.801. The topological polar surface area (TPSA) is 79.3 Å². The molecule has 5 nitrogen and oxygen atoms in total. The molecule has 0 spiro atoms. The van der Waals surface area contributed by atoms with Gasteiger partial charge in [-0.05, 0) is 6.92 Å². The van der Waals surface area contributed by atoms with E-state index in [1.807, 2.05) is 41.5 Å². The smallest absolute Gasteiger partial charge is 0.140 e. The average molecular weight is 314 g/mol. The van der Waals surface area contributed by atoms with Crippen molar-refractivity contribution < 1.29 is 17.7 Å².